The molecule has 0 radical (unpaired) electrons. The SMILES string of the molecule is O=C(CCS(=O)(=O)c1ccc(F)cc1)Nc1nc2ccc3ccccc3c2s1. The van der Waals surface area contributed by atoms with Gasteiger partial charge in [0.25, 0.3) is 0 Å². The first-order valence-corrected chi connectivity index (χ1v) is 11.0. The van der Waals surface area contributed by atoms with Crippen LogP contribution in [0.25, 0.3) is 21.0 Å². The van der Waals surface area contributed by atoms with Gasteiger partial charge in [0.2, 0.25) is 5.91 Å². The maximum absolute atomic E-state index is 13.0. The van der Waals surface area contributed by atoms with Crippen LogP contribution in [0.2, 0.25) is 0 Å². The van der Waals surface area contributed by atoms with Crippen molar-refractivity contribution in [3.8, 4) is 0 Å². The lowest BCUT2D eigenvalue weighted by Crippen LogP contribution is -2.17. The van der Waals surface area contributed by atoms with Crippen molar-refractivity contribution in [3.63, 3.8) is 0 Å². The normalized spacial score (nSPS) is 11.8. The summed E-state index contributed by atoms with van der Waals surface area (Å²) in [6.07, 6.45) is -0.212. The highest BCUT2D eigenvalue weighted by Gasteiger charge is 2.17. The lowest BCUT2D eigenvalue weighted by atomic mass is 10.1. The van der Waals surface area contributed by atoms with Gasteiger partial charge in [0.15, 0.2) is 15.0 Å². The van der Waals surface area contributed by atoms with Crippen LogP contribution in [0, 0.1) is 5.82 Å². The van der Waals surface area contributed by atoms with Crippen LogP contribution < -0.4 is 5.32 Å². The molecule has 1 heterocycles. The highest BCUT2D eigenvalue weighted by atomic mass is 32.2. The molecule has 142 valence electrons. The molecule has 0 aliphatic carbocycles. The maximum Gasteiger partial charge on any atom is 0.227 e. The van der Waals surface area contributed by atoms with Crippen molar-refractivity contribution >= 4 is 53.2 Å². The Morgan fingerprint density at radius 2 is 1.79 bits per heavy atom. The lowest BCUT2D eigenvalue weighted by Gasteiger charge is -2.04. The first kappa shape index (κ1) is 18.5. The highest BCUT2D eigenvalue weighted by Crippen LogP contribution is 2.32. The van der Waals surface area contributed by atoms with E-state index < -0.39 is 21.6 Å². The minimum Gasteiger partial charge on any atom is -0.302 e. The van der Waals surface area contributed by atoms with Crippen LogP contribution in [0.1, 0.15) is 6.42 Å². The minimum atomic E-state index is -3.66. The Morgan fingerprint density at radius 1 is 1.04 bits per heavy atom. The molecule has 0 saturated heterocycles. The van der Waals surface area contributed by atoms with Gasteiger partial charge in [0.05, 0.1) is 20.9 Å². The van der Waals surface area contributed by atoms with Gasteiger partial charge >= 0.3 is 0 Å². The van der Waals surface area contributed by atoms with E-state index in [4.69, 9.17) is 0 Å². The van der Waals surface area contributed by atoms with Gasteiger partial charge in [-0.3, -0.25) is 4.79 Å². The third-order valence-electron chi connectivity index (χ3n) is 4.30. The molecule has 28 heavy (non-hydrogen) atoms. The third kappa shape index (κ3) is 3.74. The number of hydrogen-bond acceptors (Lipinski definition) is 5. The molecule has 0 atom stereocenters. The molecule has 1 N–H and O–H groups in total. The van der Waals surface area contributed by atoms with Gasteiger partial charge in [-0.2, -0.15) is 0 Å². The van der Waals surface area contributed by atoms with E-state index in [0.29, 0.717) is 5.13 Å². The molecule has 8 heteroatoms. The summed E-state index contributed by atoms with van der Waals surface area (Å²) in [5, 5.41) is 5.24. The van der Waals surface area contributed by atoms with E-state index in [-0.39, 0.29) is 17.1 Å². The van der Waals surface area contributed by atoms with Crippen molar-refractivity contribution in [1.82, 2.24) is 4.98 Å². The number of sulfone groups is 1. The van der Waals surface area contributed by atoms with Crippen LogP contribution in [-0.4, -0.2) is 25.1 Å². The van der Waals surface area contributed by atoms with Crippen molar-refractivity contribution < 1.29 is 17.6 Å². The number of rotatable bonds is 5. The second-order valence-corrected chi connectivity index (χ2v) is 9.33. The molecule has 0 spiro atoms. The predicted molar refractivity (Wildman–Crippen MR) is 109 cm³/mol. The predicted octanol–water partition coefficient (Wildman–Crippen LogP) is 4.39. The molecular formula is C20H15FN2O3S2. The number of amides is 1. The van der Waals surface area contributed by atoms with Crippen LogP contribution in [0.3, 0.4) is 0 Å². The summed E-state index contributed by atoms with van der Waals surface area (Å²) in [6, 6.07) is 16.3. The third-order valence-corrected chi connectivity index (χ3v) is 7.05. The average Bonchev–Trinajstić information content (AvgIpc) is 3.10. The zero-order valence-electron chi connectivity index (χ0n) is 14.6. The summed E-state index contributed by atoms with van der Waals surface area (Å²) in [5.74, 6) is -1.31. The molecular weight excluding hydrogens is 399 g/mol. The Hall–Kier alpha value is -2.84. The topological polar surface area (TPSA) is 76.1 Å². The number of aromatic nitrogens is 1. The van der Waals surface area contributed by atoms with E-state index in [9.17, 15) is 17.6 Å². The number of hydrogen-bond donors (Lipinski definition) is 1. The molecule has 4 aromatic rings. The zero-order chi connectivity index (χ0) is 19.7. The zero-order valence-corrected chi connectivity index (χ0v) is 16.2. The fraction of sp³-hybridized carbons (Fsp3) is 0.100. The van der Waals surface area contributed by atoms with E-state index in [0.717, 1.165) is 33.1 Å². The Bertz CT molecular complexity index is 1280. The van der Waals surface area contributed by atoms with Crippen LogP contribution in [0.5, 0.6) is 0 Å². The molecule has 0 saturated carbocycles. The van der Waals surface area contributed by atoms with Crippen LogP contribution in [-0.2, 0) is 14.6 Å². The number of halogens is 1. The molecule has 0 aliphatic rings. The van der Waals surface area contributed by atoms with Gasteiger partial charge in [-0.1, -0.05) is 41.7 Å². The van der Waals surface area contributed by atoms with Gasteiger partial charge in [0.1, 0.15) is 5.82 Å². The molecule has 5 nitrogen and oxygen atoms in total. The van der Waals surface area contributed by atoms with E-state index in [1.54, 1.807) is 0 Å². The van der Waals surface area contributed by atoms with Crippen LogP contribution >= 0.6 is 11.3 Å². The lowest BCUT2D eigenvalue weighted by molar-refractivity contribution is -0.115. The summed E-state index contributed by atoms with van der Waals surface area (Å²) < 4.78 is 38.5. The number of benzene rings is 3. The van der Waals surface area contributed by atoms with Crippen molar-refractivity contribution in [2.45, 2.75) is 11.3 Å². The summed E-state index contributed by atoms with van der Waals surface area (Å²) in [5.41, 5.74) is 0.776. The number of carbonyl (C=O) groups excluding carboxylic acids is 1. The smallest absolute Gasteiger partial charge is 0.227 e. The summed E-state index contributed by atoms with van der Waals surface area (Å²) in [6.45, 7) is 0. The Morgan fingerprint density at radius 3 is 2.57 bits per heavy atom. The fourth-order valence-electron chi connectivity index (χ4n) is 2.88. The fourth-order valence-corrected chi connectivity index (χ4v) is 5.13. The van der Waals surface area contributed by atoms with Crippen LogP contribution in [0.4, 0.5) is 9.52 Å². The quantitative estimate of drug-likeness (QED) is 0.492. The molecule has 1 amide bonds. The minimum absolute atomic E-state index is 0.00634. The molecule has 0 unspecified atom stereocenters. The highest BCUT2D eigenvalue weighted by molar-refractivity contribution is 7.91. The summed E-state index contributed by atoms with van der Waals surface area (Å²) in [7, 11) is -3.66. The van der Waals surface area contributed by atoms with E-state index in [2.05, 4.69) is 10.3 Å². The first-order valence-electron chi connectivity index (χ1n) is 8.49. The van der Waals surface area contributed by atoms with Crippen LogP contribution in [0.15, 0.2) is 65.6 Å². The van der Waals surface area contributed by atoms with Crippen molar-refractivity contribution in [2.75, 3.05) is 11.1 Å². The number of anilines is 1. The maximum atomic E-state index is 13.0. The van der Waals surface area contributed by atoms with E-state index >= 15 is 0 Å². The van der Waals surface area contributed by atoms with Crippen molar-refractivity contribution in [1.29, 1.82) is 0 Å². The molecule has 0 fully saturated rings. The largest absolute Gasteiger partial charge is 0.302 e. The average molecular weight is 414 g/mol. The van der Waals surface area contributed by atoms with Crippen molar-refractivity contribution in [3.05, 3.63) is 66.5 Å². The monoisotopic (exact) mass is 414 g/mol. The Labute approximate surface area is 164 Å². The second-order valence-electron chi connectivity index (χ2n) is 6.22. The van der Waals surface area contributed by atoms with Gasteiger partial charge < -0.3 is 5.32 Å². The Balaban J connectivity index is 1.48. The molecule has 3 aromatic carbocycles. The Kier molecular flexibility index (Phi) is 4.82. The number of nitrogens with zero attached hydrogens (tertiary/aromatic N) is 1. The standard InChI is InChI=1S/C20H15FN2O3S2/c21-14-6-8-15(9-7-14)28(25,26)12-11-18(24)23-20-22-17-10-5-13-3-1-2-4-16(13)19(17)27-20/h1-10H,11-12H2,(H,22,23,24). The molecule has 4 rings (SSSR count). The second kappa shape index (κ2) is 7.29. The molecule has 0 bridgehead atoms. The molecule has 0 aliphatic heterocycles. The van der Waals surface area contributed by atoms with Crippen molar-refractivity contribution in [2.24, 2.45) is 0 Å². The van der Waals surface area contributed by atoms with Gasteiger partial charge in [-0.25, -0.2) is 17.8 Å². The molecule has 1 aromatic heterocycles. The number of thiazole rings is 1. The van der Waals surface area contributed by atoms with E-state index in [1.165, 1.54) is 23.5 Å². The summed E-state index contributed by atoms with van der Waals surface area (Å²) >= 11 is 1.35. The van der Waals surface area contributed by atoms with Gasteiger partial charge in [0, 0.05) is 11.8 Å². The number of fused-ring (bicyclic) bond motifs is 3. The van der Waals surface area contributed by atoms with Gasteiger partial charge in [-0.15, -0.1) is 0 Å². The number of carbonyl (C=O) groups is 1. The van der Waals surface area contributed by atoms with E-state index in [1.807, 2.05) is 36.4 Å². The summed E-state index contributed by atoms with van der Waals surface area (Å²) in [4.78, 5) is 16.6. The van der Waals surface area contributed by atoms with Gasteiger partial charge in [-0.05, 0) is 35.7 Å². The number of nitrogens with one attached hydrogen (secondary N) is 1. The first-order chi connectivity index (χ1) is 13.4.